The molecule has 0 spiro atoms. The quantitative estimate of drug-likeness (QED) is 0.682. The number of hydrogen-bond donors (Lipinski definition) is 0. The molecule has 1 heteroatoms. The molecule has 0 unspecified atom stereocenters. The lowest BCUT2D eigenvalue weighted by Gasteiger charge is -2.21. The highest BCUT2D eigenvalue weighted by molar-refractivity contribution is 5.25. The van der Waals surface area contributed by atoms with Gasteiger partial charge in [-0.15, -0.1) is 0 Å². The molecule has 1 aliphatic rings. The molecule has 2 aromatic rings. The molecule has 0 atom stereocenters. The van der Waals surface area contributed by atoms with Crippen molar-refractivity contribution < 1.29 is 4.74 Å². The summed E-state index contributed by atoms with van der Waals surface area (Å²) in [6.07, 6.45) is 7.12. The van der Waals surface area contributed by atoms with Crippen LogP contribution in [0, 0.1) is 6.92 Å². The summed E-state index contributed by atoms with van der Waals surface area (Å²) in [6, 6.07) is 18.9. The SMILES string of the molecule is COc1ccc(C)cc1.c1ccc(C2CCCCC2)cc1. The van der Waals surface area contributed by atoms with Crippen LogP contribution in [0.1, 0.15) is 49.1 Å². The highest BCUT2D eigenvalue weighted by Gasteiger charge is 2.14. The molecule has 1 nitrogen and oxygen atoms in total. The first-order chi connectivity index (χ1) is 10.3. The van der Waals surface area contributed by atoms with Gasteiger partial charge in [0.1, 0.15) is 5.75 Å². The lowest BCUT2D eigenvalue weighted by molar-refractivity contribution is 0.414. The summed E-state index contributed by atoms with van der Waals surface area (Å²) in [4.78, 5) is 0. The molecule has 0 saturated heterocycles. The second-order valence-corrected chi connectivity index (χ2v) is 5.76. The van der Waals surface area contributed by atoms with Gasteiger partial charge in [0.25, 0.3) is 0 Å². The summed E-state index contributed by atoms with van der Waals surface area (Å²) in [5.41, 5.74) is 2.81. The Hall–Kier alpha value is -1.76. The van der Waals surface area contributed by atoms with Gasteiger partial charge in [-0.3, -0.25) is 0 Å². The Morgan fingerprint density at radius 2 is 1.43 bits per heavy atom. The minimum Gasteiger partial charge on any atom is -0.497 e. The van der Waals surface area contributed by atoms with Gasteiger partial charge < -0.3 is 4.74 Å². The lowest BCUT2D eigenvalue weighted by atomic mass is 9.84. The summed E-state index contributed by atoms with van der Waals surface area (Å²) in [6.45, 7) is 2.06. The molecule has 0 heterocycles. The third kappa shape index (κ3) is 5.26. The van der Waals surface area contributed by atoms with Gasteiger partial charge in [-0.1, -0.05) is 67.3 Å². The van der Waals surface area contributed by atoms with E-state index < -0.39 is 0 Å². The van der Waals surface area contributed by atoms with Crippen molar-refractivity contribution in [2.45, 2.75) is 44.9 Å². The summed E-state index contributed by atoms with van der Waals surface area (Å²) >= 11 is 0. The largest absolute Gasteiger partial charge is 0.497 e. The van der Waals surface area contributed by atoms with E-state index in [-0.39, 0.29) is 0 Å². The number of rotatable bonds is 2. The van der Waals surface area contributed by atoms with Crippen LogP contribution in [0.25, 0.3) is 0 Å². The fourth-order valence-corrected chi connectivity index (χ4v) is 2.84. The molecular weight excluding hydrogens is 256 g/mol. The van der Waals surface area contributed by atoms with E-state index in [1.54, 1.807) is 12.7 Å². The zero-order valence-corrected chi connectivity index (χ0v) is 13.2. The summed E-state index contributed by atoms with van der Waals surface area (Å²) in [5, 5.41) is 0. The van der Waals surface area contributed by atoms with Crippen LogP contribution in [0.2, 0.25) is 0 Å². The predicted molar refractivity (Wildman–Crippen MR) is 90.0 cm³/mol. The van der Waals surface area contributed by atoms with Crippen molar-refractivity contribution in [3.63, 3.8) is 0 Å². The normalized spacial score (nSPS) is 15.0. The first-order valence-electron chi connectivity index (χ1n) is 7.95. The highest BCUT2D eigenvalue weighted by Crippen LogP contribution is 2.32. The maximum Gasteiger partial charge on any atom is 0.118 e. The van der Waals surface area contributed by atoms with Crippen LogP contribution in [0.3, 0.4) is 0 Å². The molecule has 1 fully saturated rings. The van der Waals surface area contributed by atoms with Crippen molar-refractivity contribution >= 4 is 0 Å². The maximum atomic E-state index is 4.97. The van der Waals surface area contributed by atoms with E-state index >= 15 is 0 Å². The first-order valence-corrected chi connectivity index (χ1v) is 7.95. The Bertz CT molecular complexity index is 495. The molecule has 0 amide bonds. The van der Waals surface area contributed by atoms with E-state index in [0.29, 0.717) is 0 Å². The van der Waals surface area contributed by atoms with E-state index in [2.05, 4.69) is 37.3 Å². The highest BCUT2D eigenvalue weighted by atomic mass is 16.5. The van der Waals surface area contributed by atoms with Gasteiger partial charge >= 0.3 is 0 Å². The van der Waals surface area contributed by atoms with Crippen LogP contribution in [-0.2, 0) is 0 Å². The van der Waals surface area contributed by atoms with Crippen molar-refractivity contribution in [3.05, 3.63) is 65.7 Å². The van der Waals surface area contributed by atoms with E-state index in [4.69, 9.17) is 4.74 Å². The van der Waals surface area contributed by atoms with Gasteiger partial charge in [0.15, 0.2) is 0 Å². The van der Waals surface area contributed by atoms with E-state index in [0.717, 1.165) is 11.7 Å². The molecule has 21 heavy (non-hydrogen) atoms. The molecule has 0 radical (unpaired) electrons. The smallest absolute Gasteiger partial charge is 0.118 e. The van der Waals surface area contributed by atoms with Gasteiger partial charge in [-0.2, -0.15) is 0 Å². The molecule has 0 aromatic heterocycles. The van der Waals surface area contributed by atoms with Crippen molar-refractivity contribution in [2.24, 2.45) is 0 Å². The topological polar surface area (TPSA) is 9.23 Å². The fraction of sp³-hybridized carbons (Fsp3) is 0.400. The van der Waals surface area contributed by atoms with Gasteiger partial charge in [0, 0.05) is 0 Å². The number of ether oxygens (including phenoxy) is 1. The van der Waals surface area contributed by atoms with Gasteiger partial charge in [0.05, 0.1) is 7.11 Å². The monoisotopic (exact) mass is 282 g/mol. The molecule has 3 rings (SSSR count). The van der Waals surface area contributed by atoms with Crippen LogP contribution < -0.4 is 4.74 Å². The zero-order valence-electron chi connectivity index (χ0n) is 13.2. The van der Waals surface area contributed by atoms with Crippen molar-refractivity contribution in [1.29, 1.82) is 0 Å². The standard InChI is InChI=1S/C12H16.C8H10O/c1-3-7-11(8-4-1)12-9-5-2-6-10-12;1-7-3-5-8(9-2)6-4-7/h1,3-4,7-8,12H,2,5-6,9-10H2;3-6H,1-2H3. The third-order valence-corrected chi connectivity index (χ3v) is 4.13. The van der Waals surface area contributed by atoms with Gasteiger partial charge in [-0.25, -0.2) is 0 Å². The van der Waals surface area contributed by atoms with Crippen molar-refractivity contribution in [2.75, 3.05) is 7.11 Å². The Labute approximate surface area is 129 Å². The van der Waals surface area contributed by atoms with E-state index in [1.807, 2.05) is 24.3 Å². The first kappa shape index (κ1) is 15.6. The average molecular weight is 282 g/mol. The molecule has 0 bridgehead atoms. The summed E-state index contributed by atoms with van der Waals surface area (Å²) < 4.78 is 4.97. The molecule has 2 aromatic carbocycles. The van der Waals surface area contributed by atoms with Gasteiger partial charge in [0.2, 0.25) is 0 Å². The number of benzene rings is 2. The van der Waals surface area contributed by atoms with Crippen molar-refractivity contribution in [3.8, 4) is 5.75 Å². The van der Waals surface area contributed by atoms with E-state index in [1.165, 1.54) is 37.7 Å². The second-order valence-electron chi connectivity index (χ2n) is 5.76. The molecule has 1 saturated carbocycles. The molecule has 1 aliphatic carbocycles. The Balaban J connectivity index is 0.000000161. The Kier molecular flexibility index (Phi) is 6.33. The van der Waals surface area contributed by atoms with Crippen LogP contribution >= 0.6 is 0 Å². The minimum absolute atomic E-state index is 0.861. The molecular formula is C20H26O. The second kappa shape index (κ2) is 8.51. The Morgan fingerprint density at radius 3 is 2.00 bits per heavy atom. The van der Waals surface area contributed by atoms with Crippen LogP contribution in [-0.4, -0.2) is 7.11 Å². The van der Waals surface area contributed by atoms with Crippen LogP contribution in [0.5, 0.6) is 5.75 Å². The number of aryl methyl sites for hydroxylation is 1. The van der Waals surface area contributed by atoms with E-state index in [9.17, 15) is 0 Å². The zero-order chi connectivity index (χ0) is 14.9. The molecule has 0 N–H and O–H groups in total. The lowest BCUT2D eigenvalue weighted by Crippen LogP contribution is -2.03. The number of hydrogen-bond acceptors (Lipinski definition) is 1. The number of methoxy groups -OCH3 is 1. The third-order valence-electron chi connectivity index (χ3n) is 4.13. The minimum atomic E-state index is 0.861. The maximum absolute atomic E-state index is 4.97. The predicted octanol–water partition coefficient (Wildman–Crippen LogP) is 5.74. The Morgan fingerprint density at radius 1 is 0.810 bits per heavy atom. The van der Waals surface area contributed by atoms with Crippen LogP contribution in [0.15, 0.2) is 54.6 Å². The average Bonchev–Trinajstić information content (AvgIpc) is 2.58. The summed E-state index contributed by atoms with van der Waals surface area (Å²) in [7, 11) is 1.67. The fourth-order valence-electron chi connectivity index (χ4n) is 2.84. The molecule has 112 valence electrons. The van der Waals surface area contributed by atoms with Crippen molar-refractivity contribution in [1.82, 2.24) is 0 Å². The van der Waals surface area contributed by atoms with Crippen LogP contribution in [0.4, 0.5) is 0 Å². The summed E-state index contributed by atoms with van der Waals surface area (Å²) in [5.74, 6) is 1.78. The molecule has 0 aliphatic heterocycles. The van der Waals surface area contributed by atoms with Gasteiger partial charge in [-0.05, 0) is 43.4 Å².